The summed E-state index contributed by atoms with van der Waals surface area (Å²) < 4.78 is 0. The van der Waals surface area contributed by atoms with Gasteiger partial charge >= 0.3 is 0 Å². The fourth-order valence-corrected chi connectivity index (χ4v) is 2.59. The second-order valence-electron chi connectivity index (χ2n) is 5.56. The van der Waals surface area contributed by atoms with Gasteiger partial charge in [0, 0.05) is 17.8 Å². The van der Waals surface area contributed by atoms with Crippen LogP contribution in [-0.4, -0.2) is 17.4 Å². The number of hydrogen-bond donors (Lipinski definition) is 0. The summed E-state index contributed by atoms with van der Waals surface area (Å²) in [6.45, 7) is 6.69. The Bertz CT molecular complexity index is 661. The molecular weight excluding hydrogens is 236 g/mol. The van der Waals surface area contributed by atoms with E-state index in [1.165, 1.54) is 11.1 Å². The van der Waals surface area contributed by atoms with Crippen LogP contribution in [0.4, 0.5) is 5.82 Å². The normalized spacial score (nSPS) is 14.2. The summed E-state index contributed by atoms with van der Waals surface area (Å²) in [7, 11) is 0. The molecule has 2 heterocycles. The van der Waals surface area contributed by atoms with Crippen LogP contribution in [0.5, 0.6) is 0 Å². The number of benzene rings is 1. The molecule has 1 amide bonds. The SMILES string of the molecule is Cc1ccc2cc3c(nc2c1)N(C(=O)C(C)C)CC3. The van der Waals surface area contributed by atoms with E-state index in [1.807, 2.05) is 18.7 Å². The van der Waals surface area contributed by atoms with Crippen molar-refractivity contribution in [2.24, 2.45) is 5.92 Å². The highest BCUT2D eigenvalue weighted by Crippen LogP contribution is 2.30. The maximum Gasteiger partial charge on any atom is 0.230 e. The zero-order valence-electron chi connectivity index (χ0n) is 11.6. The van der Waals surface area contributed by atoms with Crippen molar-refractivity contribution in [3.8, 4) is 0 Å². The van der Waals surface area contributed by atoms with E-state index in [2.05, 4.69) is 31.2 Å². The Hall–Kier alpha value is -1.90. The molecule has 1 aromatic heterocycles. The topological polar surface area (TPSA) is 33.2 Å². The molecule has 1 aliphatic rings. The zero-order chi connectivity index (χ0) is 13.6. The van der Waals surface area contributed by atoms with Gasteiger partial charge in [0.1, 0.15) is 5.82 Å². The lowest BCUT2D eigenvalue weighted by Gasteiger charge is -2.18. The predicted octanol–water partition coefficient (Wildman–Crippen LogP) is 3.09. The molecule has 0 saturated heterocycles. The fraction of sp³-hybridized carbons (Fsp3) is 0.375. The number of amides is 1. The van der Waals surface area contributed by atoms with E-state index in [4.69, 9.17) is 4.98 Å². The van der Waals surface area contributed by atoms with Gasteiger partial charge in [-0.25, -0.2) is 4.98 Å². The number of anilines is 1. The van der Waals surface area contributed by atoms with E-state index < -0.39 is 0 Å². The van der Waals surface area contributed by atoms with Crippen LogP contribution in [0.25, 0.3) is 10.9 Å². The first-order valence-electron chi connectivity index (χ1n) is 6.78. The molecule has 0 bridgehead atoms. The molecule has 0 aliphatic carbocycles. The number of pyridine rings is 1. The Labute approximate surface area is 113 Å². The molecule has 2 aromatic rings. The number of fused-ring (bicyclic) bond motifs is 2. The molecule has 19 heavy (non-hydrogen) atoms. The van der Waals surface area contributed by atoms with Gasteiger partial charge in [-0.3, -0.25) is 9.69 Å². The van der Waals surface area contributed by atoms with Crippen molar-refractivity contribution in [1.82, 2.24) is 4.98 Å². The van der Waals surface area contributed by atoms with Crippen LogP contribution in [0.15, 0.2) is 24.3 Å². The van der Waals surface area contributed by atoms with Crippen LogP contribution in [0.1, 0.15) is 25.0 Å². The number of nitrogens with zero attached hydrogens (tertiary/aromatic N) is 2. The van der Waals surface area contributed by atoms with Crippen molar-refractivity contribution in [2.75, 3.05) is 11.4 Å². The summed E-state index contributed by atoms with van der Waals surface area (Å²) in [5.74, 6) is 1.04. The van der Waals surface area contributed by atoms with Gasteiger partial charge in [0.05, 0.1) is 5.52 Å². The van der Waals surface area contributed by atoms with Crippen molar-refractivity contribution < 1.29 is 4.79 Å². The third-order valence-electron chi connectivity index (χ3n) is 3.65. The average molecular weight is 254 g/mol. The van der Waals surface area contributed by atoms with E-state index in [0.717, 1.165) is 29.7 Å². The molecule has 98 valence electrons. The smallest absolute Gasteiger partial charge is 0.230 e. The van der Waals surface area contributed by atoms with Gasteiger partial charge < -0.3 is 0 Å². The Balaban J connectivity index is 2.12. The highest BCUT2D eigenvalue weighted by molar-refractivity contribution is 5.97. The molecule has 0 atom stereocenters. The van der Waals surface area contributed by atoms with Crippen molar-refractivity contribution in [3.05, 3.63) is 35.4 Å². The first kappa shape index (κ1) is 12.2. The number of hydrogen-bond acceptors (Lipinski definition) is 2. The van der Waals surface area contributed by atoms with Crippen LogP contribution < -0.4 is 4.90 Å². The third kappa shape index (κ3) is 1.99. The molecule has 0 spiro atoms. The van der Waals surface area contributed by atoms with Gasteiger partial charge in [0.15, 0.2) is 0 Å². The Morgan fingerprint density at radius 3 is 2.84 bits per heavy atom. The number of carbonyl (C=O) groups is 1. The fourth-order valence-electron chi connectivity index (χ4n) is 2.59. The summed E-state index contributed by atoms with van der Waals surface area (Å²) in [6, 6.07) is 8.45. The van der Waals surface area contributed by atoms with Crippen LogP contribution in [-0.2, 0) is 11.2 Å². The first-order valence-corrected chi connectivity index (χ1v) is 6.78. The minimum atomic E-state index is 0.0148. The number of aryl methyl sites for hydroxylation is 1. The standard InChI is InChI=1S/C16H18N2O/c1-10(2)16(19)18-7-6-13-9-12-5-4-11(3)8-14(12)17-15(13)18/h4-5,8-10H,6-7H2,1-3H3. The highest BCUT2D eigenvalue weighted by atomic mass is 16.2. The maximum atomic E-state index is 12.2. The Morgan fingerprint density at radius 1 is 1.32 bits per heavy atom. The highest BCUT2D eigenvalue weighted by Gasteiger charge is 2.27. The van der Waals surface area contributed by atoms with Crippen molar-refractivity contribution in [3.63, 3.8) is 0 Å². The largest absolute Gasteiger partial charge is 0.296 e. The molecule has 1 aromatic carbocycles. The lowest BCUT2D eigenvalue weighted by atomic mass is 10.1. The van der Waals surface area contributed by atoms with Crippen LogP contribution >= 0.6 is 0 Å². The van der Waals surface area contributed by atoms with Crippen LogP contribution in [0, 0.1) is 12.8 Å². The zero-order valence-corrected chi connectivity index (χ0v) is 11.6. The Morgan fingerprint density at radius 2 is 2.11 bits per heavy atom. The van der Waals surface area contributed by atoms with E-state index in [9.17, 15) is 4.79 Å². The van der Waals surface area contributed by atoms with Crippen LogP contribution in [0.2, 0.25) is 0 Å². The second-order valence-corrected chi connectivity index (χ2v) is 5.56. The number of aromatic nitrogens is 1. The minimum Gasteiger partial charge on any atom is -0.296 e. The summed E-state index contributed by atoms with van der Waals surface area (Å²) in [5.41, 5.74) is 3.35. The summed E-state index contributed by atoms with van der Waals surface area (Å²) in [4.78, 5) is 18.7. The van der Waals surface area contributed by atoms with Gasteiger partial charge in [-0.1, -0.05) is 26.0 Å². The second kappa shape index (κ2) is 4.34. The van der Waals surface area contributed by atoms with E-state index >= 15 is 0 Å². The summed E-state index contributed by atoms with van der Waals surface area (Å²) in [5, 5.41) is 1.16. The van der Waals surface area contributed by atoms with E-state index in [0.29, 0.717) is 0 Å². The lowest BCUT2D eigenvalue weighted by Crippen LogP contribution is -2.33. The molecule has 0 fully saturated rings. The predicted molar refractivity (Wildman–Crippen MR) is 77.4 cm³/mol. The van der Waals surface area contributed by atoms with E-state index in [1.54, 1.807) is 0 Å². The molecule has 0 radical (unpaired) electrons. The van der Waals surface area contributed by atoms with Gasteiger partial charge in [-0.2, -0.15) is 0 Å². The molecule has 0 saturated carbocycles. The maximum absolute atomic E-state index is 12.2. The molecule has 0 N–H and O–H groups in total. The van der Waals surface area contributed by atoms with Crippen molar-refractivity contribution in [2.45, 2.75) is 27.2 Å². The van der Waals surface area contributed by atoms with Crippen molar-refractivity contribution >= 4 is 22.6 Å². The summed E-state index contributed by atoms with van der Waals surface area (Å²) in [6.07, 6.45) is 0.907. The van der Waals surface area contributed by atoms with Crippen molar-refractivity contribution in [1.29, 1.82) is 0 Å². The molecule has 0 unspecified atom stereocenters. The van der Waals surface area contributed by atoms with Crippen LogP contribution in [0.3, 0.4) is 0 Å². The molecule has 3 nitrogen and oxygen atoms in total. The first-order chi connectivity index (χ1) is 9.06. The number of carbonyl (C=O) groups excluding carboxylic acids is 1. The molecular formula is C16H18N2O. The van der Waals surface area contributed by atoms with E-state index in [-0.39, 0.29) is 11.8 Å². The molecule has 1 aliphatic heterocycles. The van der Waals surface area contributed by atoms with Gasteiger partial charge in [0.25, 0.3) is 0 Å². The monoisotopic (exact) mass is 254 g/mol. The molecule has 3 heteroatoms. The van der Waals surface area contributed by atoms with Gasteiger partial charge in [0.2, 0.25) is 5.91 Å². The summed E-state index contributed by atoms with van der Waals surface area (Å²) >= 11 is 0. The number of rotatable bonds is 1. The third-order valence-corrected chi connectivity index (χ3v) is 3.65. The quantitative estimate of drug-likeness (QED) is 0.783. The average Bonchev–Trinajstić information content (AvgIpc) is 2.77. The molecule has 3 rings (SSSR count). The Kier molecular flexibility index (Phi) is 2.77. The van der Waals surface area contributed by atoms with Gasteiger partial charge in [-0.15, -0.1) is 0 Å². The lowest BCUT2D eigenvalue weighted by molar-refractivity contribution is -0.121. The van der Waals surface area contributed by atoms with Gasteiger partial charge in [-0.05, 0) is 36.6 Å². The minimum absolute atomic E-state index is 0.0148.